The Bertz CT molecular complexity index is 398. The summed E-state index contributed by atoms with van der Waals surface area (Å²) in [6, 6.07) is 6.14. The predicted molar refractivity (Wildman–Crippen MR) is 80.7 cm³/mol. The summed E-state index contributed by atoms with van der Waals surface area (Å²) in [5.74, 6) is 0.543. The van der Waals surface area contributed by atoms with Gasteiger partial charge in [-0.3, -0.25) is 4.90 Å². The lowest BCUT2D eigenvalue weighted by atomic mass is 9.94. The first-order valence-corrected chi connectivity index (χ1v) is 6.74. The van der Waals surface area contributed by atoms with Crippen LogP contribution in [-0.2, 0) is 6.54 Å². The van der Waals surface area contributed by atoms with Crippen LogP contribution in [-0.4, -0.2) is 24.0 Å². The Morgan fingerprint density at radius 1 is 1.39 bits per heavy atom. The predicted octanol–water partition coefficient (Wildman–Crippen LogP) is 3.58. The molecule has 1 aromatic rings. The van der Waals surface area contributed by atoms with E-state index in [-0.39, 0.29) is 12.4 Å². The van der Waals surface area contributed by atoms with E-state index in [0.717, 1.165) is 31.6 Å². The molecule has 2 unspecified atom stereocenters. The molecule has 0 aliphatic carbocycles. The molecule has 1 fully saturated rings. The van der Waals surface area contributed by atoms with E-state index in [1.807, 2.05) is 18.2 Å². The van der Waals surface area contributed by atoms with E-state index < -0.39 is 0 Å². The van der Waals surface area contributed by atoms with E-state index in [1.54, 1.807) is 0 Å². The molecule has 1 aromatic carbocycles. The number of hydrogen-bond donors (Lipinski definition) is 1. The van der Waals surface area contributed by atoms with Gasteiger partial charge in [-0.1, -0.05) is 42.3 Å². The van der Waals surface area contributed by atoms with E-state index in [9.17, 15) is 0 Å². The van der Waals surface area contributed by atoms with E-state index in [1.165, 1.54) is 0 Å². The van der Waals surface area contributed by atoms with Gasteiger partial charge in [0, 0.05) is 19.1 Å². The molecule has 1 aliphatic heterocycles. The van der Waals surface area contributed by atoms with Crippen LogP contribution in [0.5, 0.6) is 0 Å². The Hall–Kier alpha value is 0.01000. The van der Waals surface area contributed by atoms with Gasteiger partial charge >= 0.3 is 0 Å². The summed E-state index contributed by atoms with van der Waals surface area (Å²) in [5.41, 5.74) is 7.11. The first-order chi connectivity index (χ1) is 8.08. The minimum atomic E-state index is 0. The van der Waals surface area contributed by atoms with E-state index in [2.05, 4.69) is 11.8 Å². The van der Waals surface area contributed by atoms with Crippen LogP contribution in [0.25, 0.3) is 0 Å². The van der Waals surface area contributed by atoms with Crippen LogP contribution in [0.3, 0.4) is 0 Å². The fourth-order valence-electron chi connectivity index (χ4n) is 2.31. The molecule has 2 N–H and O–H groups in total. The third-order valence-corrected chi connectivity index (χ3v) is 4.34. The van der Waals surface area contributed by atoms with Crippen LogP contribution < -0.4 is 5.73 Å². The van der Waals surface area contributed by atoms with Gasteiger partial charge in [0.1, 0.15) is 0 Å². The zero-order valence-electron chi connectivity index (χ0n) is 10.4. The molecule has 5 heteroatoms. The molecular formula is C13H19Cl3N2. The normalized spacial score (nSPS) is 24.7. The maximum atomic E-state index is 6.19. The summed E-state index contributed by atoms with van der Waals surface area (Å²) in [6.45, 7) is 5.13. The third kappa shape index (κ3) is 3.75. The molecule has 0 saturated carbocycles. The van der Waals surface area contributed by atoms with Gasteiger partial charge in [0.15, 0.2) is 0 Å². The van der Waals surface area contributed by atoms with Crippen LogP contribution in [0.4, 0.5) is 0 Å². The van der Waals surface area contributed by atoms with E-state index >= 15 is 0 Å². The molecule has 2 atom stereocenters. The van der Waals surface area contributed by atoms with Gasteiger partial charge in [-0.05, 0) is 30.5 Å². The number of likely N-dealkylation sites (tertiary alicyclic amines) is 1. The molecule has 2 nitrogen and oxygen atoms in total. The average Bonchev–Trinajstić information content (AvgIpc) is 2.30. The number of nitrogens with zero attached hydrogens (tertiary/aromatic N) is 1. The minimum Gasteiger partial charge on any atom is -0.327 e. The summed E-state index contributed by atoms with van der Waals surface area (Å²) >= 11 is 12.2. The minimum absolute atomic E-state index is 0. The van der Waals surface area contributed by atoms with Gasteiger partial charge in [-0.25, -0.2) is 0 Å². The highest BCUT2D eigenvalue weighted by Gasteiger charge is 2.23. The Morgan fingerprint density at radius 2 is 2.11 bits per heavy atom. The van der Waals surface area contributed by atoms with Gasteiger partial charge in [0.2, 0.25) is 0 Å². The number of nitrogens with two attached hydrogens (primary N) is 1. The quantitative estimate of drug-likeness (QED) is 0.904. The van der Waals surface area contributed by atoms with Crippen LogP contribution in [0.2, 0.25) is 10.0 Å². The molecule has 0 spiro atoms. The third-order valence-electron chi connectivity index (χ3n) is 3.48. The van der Waals surface area contributed by atoms with Crippen molar-refractivity contribution >= 4 is 35.6 Å². The molecule has 1 saturated heterocycles. The van der Waals surface area contributed by atoms with Crippen molar-refractivity contribution in [2.24, 2.45) is 11.7 Å². The lowest BCUT2D eigenvalue weighted by Gasteiger charge is -2.35. The standard InChI is InChI=1S/C13H18Cl2N2.ClH/c1-9-7-17(6-5-12(9)16)8-10-3-2-4-11(14)13(10)15;/h2-4,9,12H,5-8,16H2,1H3;1H. The number of halogens is 3. The highest BCUT2D eigenvalue weighted by molar-refractivity contribution is 6.42. The van der Waals surface area contributed by atoms with Crippen molar-refractivity contribution in [1.29, 1.82) is 0 Å². The average molecular weight is 310 g/mol. The lowest BCUT2D eigenvalue weighted by Crippen LogP contribution is -2.45. The fourth-order valence-corrected chi connectivity index (χ4v) is 2.69. The molecular weight excluding hydrogens is 291 g/mol. The lowest BCUT2D eigenvalue weighted by molar-refractivity contribution is 0.158. The number of hydrogen-bond acceptors (Lipinski definition) is 2. The molecule has 0 radical (unpaired) electrons. The van der Waals surface area contributed by atoms with Gasteiger partial charge in [0.05, 0.1) is 10.0 Å². The second-order valence-corrected chi connectivity index (χ2v) is 5.66. The van der Waals surface area contributed by atoms with Crippen molar-refractivity contribution in [3.8, 4) is 0 Å². The smallest absolute Gasteiger partial charge is 0.0637 e. The largest absolute Gasteiger partial charge is 0.327 e. The summed E-state index contributed by atoms with van der Waals surface area (Å²) < 4.78 is 0. The highest BCUT2D eigenvalue weighted by atomic mass is 35.5. The molecule has 0 aromatic heterocycles. The van der Waals surface area contributed by atoms with Crippen LogP contribution in [0.15, 0.2) is 18.2 Å². The maximum absolute atomic E-state index is 6.19. The molecule has 0 amide bonds. The summed E-state index contributed by atoms with van der Waals surface area (Å²) in [5, 5.41) is 1.31. The molecule has 0 bridgehead atoms. The zero-order chi connectivity index (χ0) is 12.4. The van der Waals surface area contributed by atoms with Crippen molar-refractivity contribution in [2.75, 3.05) is 13.1 Å². The number of rotatable bonds is 2. The first kappa shape index (κ1) is 16.1. The SMILES string of the molecule is CC1CN(Cc2cccc(Cl)c2Cl)CCC1N.Cl. The Morgan fingerprint density at radius 3 is 2.78 bits per heavy atom. The summed E-state index contributed by atoms with van der Waals surface area (Å²) in [4.78, 5) is 2.39. The number of piperidine rings is 1. The van der Waals surface area contributed by atoms with E-state index in [4.69, 9.17) is 28.9 Å². The maximum Gasteiger partial charge on any atom is 0.0637 e. The van der Waals surface area contributed by atoms with Crippen molar-refractivity contribution in [2.45, 2.75) is 25.9 Å². The molecule has 102 valence electrons. The molecule has 1 aliphatic rings. The van der Waals surface area contributed by atoms with Crippen LogP contribution >= 0.6 is 35.6 Å². The van der Waals surface area contributed by atoms with E-state index in [0.29, 0.717) is 22.0 Å². The summed E-state index contributed by atoms with van der Waals surface area (Å²) in [6.07, 6.45) is 1.05. The molecule has 1 heterocycles. The topological polar surface area (TPSA) is 29.3 Å². The Labute approximate surface area is 125 Å². The van der Waals surface area contributed by atoms with Gasteiger partial charge in [-0.2, -0.15) is 0 Å². The molecule has 18 heavy (non-hydrogen) atoms. The zero-order valence-corrected chi connectivity index (χ0v) is 12.7. The van der Waals surface area contributed by atoms with Gasteiger partial charge in [-0.15, -0.1) is 12.4 Å². The summed E-state index contributed by atoms with van der Waals surface area (Å²) in [7, 11) is 0. The first-order valence-electron chi connectivity index (χ1n) is 5.98. The van der Waals surface area contributed by atoms with Crippen LogP contribution in [0.1, 0.15) is 18.9 Å². The van der Waals surface area contributed by atoms with Gasteiger partial charge < -0.3 is 5.73 Å². The van der Waals surface area contributed by atoms with Gasteiger partial charge in [0.25, 0.3) is 0 Å². The fraction of sp³-hybridized carbons (Fsp3) is 0.538. The Kier molecular flexibility index (Phi) is 6.22. The number of benzene rings is 1. The Balaban J connectivity index is 0.00000162. The van der Waals surface area contributed by atoms with Crippen molar-refractivity contribution in [1.82, 2.24) is 4.90 Å². The van der Waals surface area contributed by atoms with Crippen molar-refractivity contribution in [3.05, 3.63) is 33.8 Å². The molecule has 2 rings (SSSR count). The second kappa shape index (κ2) is 6.97. The highest BCUT2D eigenvalue weighted by Crippen LogP contribution is 2.27. The van der Waals surface area contributed by atoms with Crippen LogP contribution in [0, 0.1) is 5.92 Å². The van der Waals surface area contributed by atoms with Crippen molar-refractivity contribution in [3.63, 3.8) is 0 Å². The van der Waals surface area contributed by atoms with Crippen molar-refractivity contribution < 1.29 is 0 Å². The second-order valence-electron chi connectivity index (χ2n) is 4.88. The monoisotopic (exact) mass is 308 g/mol.